The molecule has 3 aromatic rings. The first kappa shape index (κ1) is 23.8. The van der Waals surface area contributed by atoms with E-state index < -0.39 is 0 Å². The average Bonchev–Trinajstić information content (AvgIpc) is 2.75. The zero-order chi connectivity index (χ0) is 23.8. The molecule has 0 saturated carbocycles. The Labute approximate surface area is 193 Å². The van der Waals surface area contributed by atoms with Crippen LogP contribution in [0.3, 0.4) is 0 Å². The summed E-state index contributed by atoms with van der Waals surface area (Å²) in [5, 5.41) is 2.89. The van der Waals surface area contributed by atoms with E-state index in [0.29, 0.717) is 54.1 Å². The summed E-state index contributed by atoms with van der Waals surface area (Å²) in [7, 11) is 0. The third kappa shape index (κ3) is 6.35. The highest BCUT2D eigenvalue weighted by Gasteiger charge is 2.18. The number of rotatable bonds is 10. The van der Waals surface area contributed by atoms with Crippen LogP contribution in [0.1, 0.15) is 42.5 Å². The molecular formula is C25H29N3O5. The molecule has 0 aliphatic rings. The van der Waals surface area contributed by atoms with Crippen molar-refractivity contribution in [2.75, 3.05) is 25.1 Å². The highest BCUT2D eigenvalue weighted by atomic mass is 16.5. The first-order chi connectivity index (χ1) is 15.9. The fourth-order valence-electron chi connectivity index (χ4n) is 3.21. The van der Waals surface area contributed by atoms with Gasteiger partial charge < -0.3 is 24.3 Å². The predicted molar refractivity (Wildman–Crippen MR) is 126 cm³/mol. The molecule has 0 aliphatic carbocycles. The fourth-order valence-corrected chi connectivity index (χ4v) is 3.21. The topological polar surface area (TPSA) is 91.8 Å². The highest BCUT2D eigenvalue weighted by molar-refractivity contribution is 6.05. The number of nitrogens with zero attached hydrogens (tertiary/aromatic N) is 2. The molecular weight excluding hydrogens is 422 g/mol. The van der Waals surface area contributed by atoms with Gasteiger partial charge in [0.1, 0.15) is 5.75 Å². The fraction of sp³-hybridized carbons (Fsp3) is 0.320. The second-order valence-electron chi connectivity index (χ2n) is 7.12. The number of benzene rings is 2. The van der Waals surface area contributed by atoms with Gasteiger partial charge in [0.05, 0.1) is 19.8 Å². The van der Waals surface area contributed by atoms with Crippen LogP contribution in [0.2, 0.25) is 0 Å². The van der Waals surface area contributed by atoms with Gasteiger partial charge >= 0.3 is 6.01 Å². The molecule has 0 saturated heterocycles. The largest absolute Gasteiger partial charge is 0.490 e. The minimum Gasteiger partial charge on any atom is -0.490 e. The molecule has 8 heteroatoms. The first-order valence-electron chi connectivity index (χ1n) is 10.9. The van der Waals surface area contributed by atoms with E-state index in [2.05, 4.69) is 15.3 Å². The van der Waals surface area contributed by atoms with E-state index in [-0.39, 0.29) is 11.9 Å². The Balaban J connectivity index is 1.84. The van der Waals surface area contributed by atoms with Crippen molar-refractivity contribution in [1.29, 1.82) is 0 Å². The van der Waals surface area contributed by atoms with Crippen LogP contribution in [-0.4, -0.2) is 35.7 Å². The van der Waals surface area contributed by atoms with E-state index in [9.17, 15) is 4.79 Å². The van der Waals surface area contributed by atoms with Crippen molar-refractivity contribution in [3.8, 4) is 29.0 Å². The number of carbonyl (C=O) groups is 1. The van der Waals surface area contributed by atoms with Crippen molar-refractivity contribution >= 4 is 11.6 Å². The summed E-state index contributed by atoms with van der Waals surface area (Å²) in [6.45, 7) is 10.7. The van der Waals surface area contributed by atoms with Gasteiger partial charge in [-0.1, -0.05) is 6.07 Å². The summed E-state index contributed by atoms with van der Waals surface area (Å²) in [5.74, 6) is 1.59. The van der Waals surface area contributed by atoms with Crippen LogP contribution >= 0.6 is 0 Å². The molecule has 0 bridgehead atoms. The third-order valence-electron chi connectivity index (χ3n) is 4.43. The minimum atomic E-state index is -0.320. The van der Waals surface area contributed by atoms with Gasteiger partial charge in [-0.15, -0.1) is 0 Å². The van der Waals surface area contributed by atoms with Crippen LogP contribution in [-0.2, 0) is 0 Å². The molecule has 1 amide bonds. The van der Waals surface area contributed by atoms with E-state index in [4.69, 9.17) is 18.9 Å². The lowest BCUT2D eigenvalue weighted by Gasteiger charge is -2.17. The van der Waals surface area contributed by atoms with Gasteiger partial charge in [0, 0.05) is 28.7 Å². The van der Waals surface area contributed by atoms with Crippen LogP contribution in [0.25, 0.3) is 0 Å². The van der Waals surface area contributed by atoms with E-state index in [1.54, 1.807) is 36.4 Å². The lowest BCUT2D eigenvalue weighted by molar-refractivity contribution is 0.102. The van der Waals surface area contributed by atoms with Crippen molar-refractivity contribution in [2.24, 2.45) is 0 Å². The minimum absolute atomic E-state index is 0.255. The summed E-state index contributed by atoms with van der Waals surface area (Å²) in [4.78, 5) is 21.6. The number of nitrogens with one attached hydrogen (secondary N) is 1. The molecule has 0 radical (unpaired) electrons. The molecule has 8 nitrogen and oxygen atoms in total. The van der Waals surface area contributed by atoms with E-state index in [0.717, 1.165) is 11.4 Å². The van der Waals surface area contributed by atoms with E-state index >= 15 is 0 Å². The summed E-state index contributed by atoms with van der Waals surface area (Å²) < 4.78 is 22.9. The van der Waals surface area contributed by atoms with Crippen molar-refractivity contribution in [1.82, 2.24) is 9.97 Å². The highest BCUT2D eigenvalue weighted by Crippen LogP contribution is 2.39. The molecule has 1 heterocycles. The Morgan fingerprint density at radius 1 is 0.848 bits per heavy atom. The van der Waals surface area contributed by atoms with Crippen molar-refractivity contribution < 1.29 is 23.7 Å². The number of aryl methyl sites for hydroxylation is 2. The second-order valence-corrected chi connectivity index (χ2v) is 7.12. The zero-order valence-electron chi connectivity index (χ0n) is 19.6. The smallest absolute Gasteiger partial charge is 0.322 e. The van der Waals surface area contributed by atoms with Crippen LogP contribution in [0.15, 0.2) is 42.5 Å². The van der Waals surface area contributed by atoms with E-state index in [1.165, 1.54) is 0 Å². The number of carbonyl (C=O) groups excluding carboxylic acids is 1. The van der Waals surface area contributed by atoms with Crippen LogP contribution in [0.5, 0.6) is 29.0 Å². The Bertz CT molecular complexity index is 1070. The molecule has 1 N–H and O–H groups in total. The van der Waals surface area contributed by atoms with Gasteiger partial charge in [-0.05, 0) is 65.0 Å². The summed E-state index contributed by atoms with van der Waals surface area (Å²) in [6, 6.07) is 12.5. The maximum absolute atomic E-state index is 13.0. The monoisotopic (exact) mass is 451 g/mol. The van der Waals surface area contributed by atoms with Gasteiger partial charge in [-0.2, -0.15) is 0 Å². The standard InChI is InChI=1S/C25H29N3O5/c1-6-30-21-13-18(14-22(31-7-2)23(21)32-8-3)24(29)28-19-10-9-11-20(15-19)33-25-26-16(4)12-17(5)27-25/h9-15H,6-8H2,1-5H3,(H,28,29). The van der Waals surface area contributed by atoms with Gasteiger partial charge in [0.25, 0.3) is 5.91 Å². The van der Waals surface area contributed by atoms with E-state index in [1.807, 2.05) is 40.7 Å². The van der Waals surface area contributed by atoms with Crippen LogP contribution in [0.4, 0.5) is 5.69 Å². The number of amides is 1. The van der Waals surface area contributed by atoms with Crippen molar-refractivity contribution in [2.45, 2.75) is 34.6 Å². The SMILES string of the molecule is CCOc1cc(C(=O)Nc2cccc(Oc3nc(C)cc(C)n3)c2)cc(OCC)c1OCC. The molecule has 174 valence electrons. The molecule has 0 fully saturated rings. The number of anilines is 1. The van der Waals surface area contributed by atoms with Crippen LogP contribution in [0, 0.1) is 13.8 Å². The third-order valence-corrected chi connectivity index (χ3v) is 4.43. The zero-order valence-corrected chi connectivity index (χ0v) is 19.6. The Morgan fingerprint density at radius 2 is 1.45 bits per heavy atom. The average molecular weight is 452 g/mol. The van der Waals surface area contributed by atoms with Gasteiger partial charge in [-0.25, -0.2) is 9.97 Å². The summed E-state index contributed by atoms with van der Waals surface area (Å²) in [5.41, 5.74) is 2.57. The summed E-state index contributed by atoms with van der Waals surface area (Å²) in [6.07, 6.45) is 0. The number of hydrogen-bond donors (Lipinski definition) is 1. The van der Waals surface area contributed by atoms with Crippen LogP contribution < -0.4 is 24.3 Å². The molecule has 2 aromatic carbocycles. The number of ether oxygens (including phenoxy) is 4. The normalized spacial score (nSPS) is 10.5. The Hall–Kier alpha value is -3.81. The molecule has 0 spiro atoms. The first-order valence-corrected chi connectivity index (χ1v) is 10.9. The lowest BCUT2D eigenvalue weighted by Crippen LogP contribution is -2.13. The molecule has 1 aromatic heterocycles. The predicted octanol–water partition coefficient (Wildman–Crippen LogP) is 5.33. The second kappa shape index (κ2) is 11.2. The lowest BCUT2D eigenvalue weighted by atomic mass is 10.1. The Kier molecular flexibility index (Phi) is 8.07. The molecule has 0 aliphatic heterocycles. The maximum Gasteiger partial charge on any atom is 0.322 e. The Morgan fingerprint density at radius 3 is 2.03 bits per heavy atom. The number of aromatic nitrogens is 2. The van der Waals surface area contributed by atoms with Crippen molar-refractivity contribution in [3.05, 3.63) is 59.4 Å². The quantitative estimate of drug-likeness (QED) is 0.445. The van der Waals surface area contributed by atoms with Gasteiger partial charge in [0.2, 0.25) is 5.75 Å². The van der Waals surface area contributed by atoms with Gasteiger partial charge in [0.15, 0.2) is 11.5 Å². The number of hydrogen-bond acceptors (Lipinski definition) is 7. The maximum atomic E-state index is 13.0. The molecule has 33 heavy (non-hydrogen) atoms. The van der Waals surface area contributed by atoms with Gasteiger partial charge in [-0.3, -0.25) is 4.79 Å². The molecule has 0 atom stereocenters. The van der Waals surface area contributed by atoms with Crippen molar-refractivity contribution in [3.63, 3.8) is 0 Å². The molecule has 3 rings (SSSR count). The molecule has 0 unspecified atom stereocenters. The summed E-state index contributed by atoms with van der Waals surface area (Å²) >= 11 is 0.